The highest BCUT2D eigenvalue weighted by atomic mass is 79.9. The molecule has 2 aliphatic rings. The number of halogens is 2. The Morgan fingerprint density at radius 3 is 2.22 bits per heavy atom. The van der Waals surface area contributed by atoms with Crippen LogP contribution in [0.4, 0.5) is 10.1 Å². The molecule has 1 aliphatic carbocycles. The minimum absolute atomic E-state index is 0.165. The van der Waals surface area contributed by atoms with E-state index in [-0.39, 0.29) is 11.9 Å². The summed E-state index contributed by atoms with van der Waals surface area (Å²) in [5, 5.41) is 0. The Morgan fingerprint density at radius 1 is 0.875 bits per heavy atom. The molecule has 0 bridgehead atoms. The number of fused-ring (bicyclic) bond motifs is 1. The fraction of sp³-hybridized carbons (Fsp3) is 0.379. The van der Waals surface area contributed by atoms with Gasteiger partial charge in [-0.3, -0.25) is 0 Å². The third-order valence-electron chi connectivity index (χ3n) is 7.66. The molecule has 0 radical (unpaired) electrons. The second kappa shape index (κ2) is 8.67. The molecule has 3 aromatic carbocycles. The topological polar surface area (TPSA) is 3.24 Å². The molecule has 3 heteroatoms. The van der Waals surface area contributed by atoms with Crippen LogP contribution in [0, 0.1) is 17.2 Å². The van der Waals surface area contributed by atoms with E-state index in [2.05, 4.69) is 89.3 Å². The lowest BCUT2D eigenvalue weighted by molar-refractivity contribution is 0.112. The Morgan fingerprint density at radius 2 is 1.53 bits per heavy atom. The van der Waals surface area contributed by atoms with Crippen molar-refractivity contribution < 1.29 is 4.39 Å². The summed E-state index contributed by atoms with van der Waals surface area (Å²) in [5.74, 6) is 0.798. The van der Waals surface area contributed by atoms with E-state index in [4.69, 9.17) is 0 Å². The van der Waals surface area contributed by atoms with Gasteiger partial charge in [0, 0.05) is 22.1 Å². The molecule has 4 atom stereocenters. The molecule has 1 nitrogen and oxygen atoms in total. The third-order valence-corrected chi connectivity index (χ3v) is 8.19. The zero-order chi connectivity index (χ0) is 22.3. The van der Waals surface area contributed by atoms with Gasteiger partial charge in [-0.1, -0.05) is 72.2 Å². The molecular weight excluding hydrogens is 461 g/mol. The Balaban J connectivity index is 1.67. The van der Waals surface area contributed by atoms with Gasteiger partial charge in [0.15, 0.2) is 0 Å². The van der Waals surface area contributed by atoms with Gasteiger partial charge in [-0.25, -0.2) is 4.39 Å². The highest BCUT2D eigenvalue weighted by Gasteiger charge is 2.47. The minimum atomic E-state index is -0.165. The number of anilines is 1. The number of nitrogens with zero attached hydrogens (tertiary/aromatic N) is 1. The third kappa shape index (κ3) is 4.24. The van der Waals surface area contributed by atoms with E-state index in [1.54, 1.807) is 12.1 Å². The average molecular weight is 492 g/mol. The Bertz CT molecular complexity index is 1040. The van der Waals surface area contributed by atoms with Gasteiger partial charge in [0.2, 0.25) is 0 Å². The van der Waals surface area contributed by atoms with Crippen LogP contribution in [0.3, 0.4) is 0 Å². The first-order valence-electron chi connectivity index (χ1n) is 11.8. The fourth-order valence-electron chi connectivity index (χ4n) is 6.09. The van der Waals surface area contributed by atoms with Gasteiger partial charge in [0.05, 0.1) is 6.04 Å². The molecule has 0 spiro atoms. The summed E-state index contributed by atoms with van der Waals surface area (Å²) in [5.41, 5.74) is 4.21. The molecule has 1 heterocycles. The molecule has 0 N–H and O–H groups in total. The van der Waals surface area contributed by atoms with E-state index in [0.717, 1.165) is 10.9 Å². The maximum Gasteiger partial charge on any atom is 0.123 e. The molecular formula is C29H31BrFN. The Hall–Kier alpha value is -2.13. The lowest BCUT2D eigenvalue weighted by atomic mass is 9.63. The smallest absolute Gasteiger partial charge is 0.123 e. The van der Waals surface area contributed by atoms with Crippen LogP contribution < -0.4 is 4.90 Å². The first-order chi connectivity index (χ1) is 15.4. The number of rotatable bonds is 3. The summed E-state index contributed by atoms with van der Waals surface area (Å²) < 4.78 is 14.9. The predicted octanol–water partition coefficient (Wildman–Crippen LogP) is 8.52. The van der Waals surface area contributed by atoms with Crippen molar-refractivity contribution in [2.24, 2.45) is 11.3 Å². The van der Waals surface area contributed by atoms with Gasteiger partial charge >= 0.3 is 0 Å². The van der Waals surface area contributed by atoms with Crippen LogP contribution in [-0.2, 0) is 0 Å². The summed E-state index contributed by atoms with van der Waals surface area (Å²) in [7, 11) is 0. The summed E-state index contributed by atoms with van der Waals surface area (Å²) in [6.45, 7) is 4.85. The number of piperidine rings is 1. The molecule has 1 saturated heterocycles. The van der Waals surface area contributed by atoms with Gasteiger partial charge < -0.3 is 4.90 Å². The van der Waals surface area contributed by atoms with E-state index in [1.807, 2.05) is 12.1 Å². The molecule has 32 heavy (non-hydrogen) atoms. The normalized spacial score (nSPS) is 27.1. The molecule has 0 amide bonds. The summed E-state index contributed by atoms with van der Waals surface area (Å²) in [6.07, 6.45) is 4.88. The van der Waals surface area contributed by atoms with Crippen LogP contribution >= 0.6 is 15.9 Å². The molecule has 5 rings (SSSR count). The van der Waals surface area contributed by atoms with E-state index < -0.39 is 0 Å². The first-order valence-corrected chi connectivity index (χ1v) is 12.5. The molecule has 1 saturated carbocycles. The molecule has 3 aromatic rings. The van der Waals surface area contributed by atoms with Crippen LogP contribution in [0.25, 0.3) is 0 Å². The monoisotopic (exact) mass is 491 g/mol. The quantitative estimate of drug-likeness (QED) is 0.354. The summed E-state index contributed by atoms with van der Waals surface area (Å²) in [4.78, 5) is 2.71. The van der Waals surface area contributed by atoms with Crippen molar-refractivity contribution in [3.63, 3.8) is 0 Å². The van der Waals surface area contributed by atoms with E-state index in [9.17, 15) is 4.39 Å². The van der Waals surface area contributed by atoms with Crippen molar-refractivity contribution >= 4 is 21.6 Å². The summed E-state index contributed by atoms with van der Waals surface area (Å²) >= 11 is 3.61. The van der Waals surface area contributed by atoms with Crippen LogP contribution in [-0.4, -0.2) is 6.04 Å². The SMILES string of the molecule is CC1(C)CCC2CC(c3ccc(F)cc3)C(c3ccc(Br)cc3)N(c3ccccc3)C2C1. The zero-order valence-electron chi connectivity index (χ0n) is 18.8. The first kappa shape index (κ1) is 21.7. The van der Waals surface area contributed by atoms with Crippen molar-refractivity contribution in [1.29, 1.82) is 0 Å². The highest BCUT2D eigenvalue weighted by molar-refractivity contribution is 9.10. The van der Waals surface area contributed by atoms with Gasteiger partial charge in [0.25, 0.3) is 0 Å². The number of benzene rings is 3. The largest absolute Gasteiger partial charge is 0.361 e. The van der Waals surface area contributed by atoms with Crippen molar-refractivity contribution in [1.82, 2.24) is 0 Å². The Labute approximate surface area is 199 Å². The lowest BCUT2D eigenvalue weighted by Crippen LogP contribution is -2.53. The van der Waals surface area contributed by atoms with E-state index >= 15 is 0 Å². The van der Waals surface area contributed by atoms with Gasteiger partial charge in [-0.15, -0.1) is 0 Å². The van der Waals surface area contributed by atoms with Crippen molar-refractivity contribution in [3.8, 4) is 0 Å². The van der Waals surface area contributed by atoms with Crippen molar-refractivity contribution in [2.45, 2.75) is 57.5 Å². The summed E-state index contributed by atoms with van der Waals surface area (Å²) in [6, 6.07) is 27.7. The molecule has 2 fully saturated rings. The zero-order valence-corrected chi connectivity index (χ0v) is 20.4. The number of hydrogen-bond acceptors (Lipinski definition) is 1. The molecule has 166 valence electrons. The fourth-order valence-corrected chi connectivity index (χ4v) is 6.36. The van der Waals surface area contributed by atoms with Crippen LogP contribution in [0.2, 0.25) is 0 Å². The standard InChI is InChI=1S/C29H31BrFN/c1-29(2)17-16-22-18-26(20-10-14-24(31)15-11-20)28(21-8-12-23(30)13-9-21)32(27(22)19-29)25-6-4-3-5-7-25/h3-15,22,26-28H,16-19H2,1-2H3. The minimum Gasteiger partial charge on any atom is -0.361 e. The van der Waals surface area contributed by atoms with Gasteiger partial charge in [-0.05, 0) is 84.5 Å². The van der Waals surface area contributed by atoms with E-state index in [1.165, 1.54) is 36.1 Å². The average Bonchev–Trinajstić information content (AvgIpc) is 2.79. The predicted molar refractivity (Wildman–Crippen MR) is 134 cm³/mol. The second-order valence-corrected chi connectivity index (χ2v) is 11.3. The highest BCUT2D eigenvalue weighted by Crippen LogP contribution is 2.54. The maximum absolute atomic E-state index is 13.8. The second-order valence-electron chi connectivity index (χ2n) is 10.4. The van der Waals surface area contributed by atoms with Crippen LogP contribution in [0.5, 0.6) is 0 Å². The molecule has 4 unspecified atom stereocenters. The van der Waals surface area contributed by atoms with Crippen molar-refractivity contribution in [3.05, 3.63) is 100 Å². The maximum atomic E-state index is 13.8. The number of para-hydroxylation sites is 1. The van der Waals surface area contributed by atoms with Crippen LogP contribution in [0.1, 0.15) is 62.6 Å². The van der Waals surface area contributed by atoms with Crippen molar-refractivity contribution in [2.75, 3.05) is 4.90 Å². The molecule has 1 aliphatic heterocycles. The van der Waals surface area contributed by atoms with Gasteiger partial charge in [0.1, 0.15) is 5.82 Å². The van der Waals surface area contributed by atoms with E-state index in [0.29, 0.717) is 23.3 Å². The number of hydrogen-bond donors (Lipinski definition) is 0. The van der Waals surface area contributed by atoms with Crippen LogP contribution in [0.15, 0.2) is 83.3 Å². The Kier molecular flexibility index (Phi) is 5.88. The molecule has 0 aromatic heterocycles. The lowest BCUT2D eigenvalue weighted by Gasteiger charge is -2.56. The van der Waals surface area contributed by atoms with Gasteiger partial charge in [-0.2, -0.15) is 0 Å².